The minimum absolute atomic E-state index is 0.0317. The van der Waals surface area contributed by atoms with Crippen LogP contribution >= 0.6 is 0 Å². The van der Waals surface area contributed by atoms with E-state index in [1.165, 1.54) is 12.8 Å². The first kappa shape index (κ1) is 11.9. The van der Waals surface area contributed by atoms with E-state index in [9.17, 15) is 0 Å². The van der Waals surface area contributed by atoms with E-state index in [0.29, 0.717) is 11.1 Å². The first-order chi connectivity index (χ1) is 7.98. The van der Waals surface area contributed by atoms with Gasteiger partial charge < -0.3 is 10.6 Å². The lowest BCUT2D eigenvalue weighted by molar-refractivity contribution is 0.280. The number of nitrogen functional groups attached to an aromatic ring is 1. The number of anilines is 1. The SMILES string of the molecule is CC1(C)CCN(c2ccnc(C(=N)N)c2)CC1. The van der Waals surface area contributed by atoms with Crippen molar-refractivity contribution in [3.8, 4) is 0 Å². The van der Waals surface area contributed by atoms with Crippen LogP contribution in [0.25, 0.3) is 0 Å². The van der Waals surface area contributed by atoms with E-state index >= 15 is 0 Å². The van der Waals surface area contributed by atoms with E-state index < -0.39 is 0 Å². The number of amidine groups is 1. The van der Waals surface area contributed by atoms with Crippen LogP contribution in [0.4, 0.5) is 5.69 Å². The predicted octanol–water partition coefficient (Wildman–Crippen LogP) is 1.99. The van der Waals surface area contributed by atoms with Crippen LogP contribution in [-0.4, -0.2) is 23.9 Å². The summed E-state index contributed by atoms with van der Waals surface area (Å²) in [4.78, 5) is 6.43. The van der Waals surface area contributed by atoms with Gasteiger partial charge in [0.1, 0.15) is 11.5 Å². The Balaban J connectivity index is 2.13. The van der Waals surface area contributed by atoms with Crippen LogP contribution in [0.1, 0.15) is 32.4 Å². The number of pyridine rings is 1. The molecule has 2 heterocycles. The van der Waals surface area contributed by atoms with Gasteiger partial charge in [-0.2, -0.15) is 0 Å². The summed E-state index contributed by atoms with van der Waals surface area (Å²) in [5.74, 6) is 0.0317. The number of nitrogens with one attached hydrogen (secondary N) is 1. The smallest absolute Gasteiger partial charge is 0.141 e. The standard InChI is InChI=1S/C13H20N4/c1-13(2)4-7-17(8-5-13)10-3-6-16-11(9-10)12(14)15/h3,6,9H,4-5,7-8H2,1-2H3,(H3,14,15). The van der Waals surface area contributed by atoms with Crippen molar-refractivity contribution in [3.63, 3.8) is 0 Å². The number of nitrogens with zero attached hydrogens (tertiary/aromatic N) is 2. The summed E-state index contributed by atoms with van der Waals surface area (Å²) in [7, 11) is 0. The minimum atomic E-state index is 0.0317. The molecule has 1 aromatic heterocycles. The Morgan fingerprint density at radius 1 is 1.41 bits per heavy atom. The van der Waals surface area contributed by atoms with E-state index in [2.05, 4.69) is 23.7 Å². The molecule has 92 valence electrons. The molecule has 1 fully saturated rings. The maximum atomic E-state index is 7.41. The van der Waals surface area contributed by atoms with Crippen molar-refractivity contribution in [2.75, 3.05) is 18.0 Å². The molecule has 0 spiro atoms. The number of hydrogen-bond acceptors (Lipinski definition) is 3. The fourth-order valence-electron chi connectivity index (χ4n) is 2.13. The lowest BCUT2D eigenvalue weighted by Gasteiger charge is -2.38. The van der Waals surface area contributed by atoms with Crippen molar-refractivity contribution in [1.29, 1.82) is 5.41 Å². The van der Waals surface area contributed by atoms with Gasteiger partial charge in [0, 0.05) is 25.0 Å². The van der Waals surface area contributed by atoms with Crippen molar-refractivity contribution >= 4 is 11.5 Å². The van der Waals surface area contributed by atoms with E-state index in [0.717, 1.165) is 18.8 Å². The number of rotatable bonds is 2. The van der Waals surface area contributed by atoms with Gasteiger partial charge in [-0.05, 0) is 30.4 Å². The highest BCUT2D eigenvalue weighted by atomic mass is 15.1. The first-order valence-electron chi connectivity index (χ1n) is 6.03. The predicted molar refractivity (Wildman–Crippen MR) is 70.5 cm³/mol. The highest BCUT2D eigenvalue weighted by molar-refractivity contribution is 5.93. The molecule has 0 aliphatic carbocycles. The molecule has 0 radical (unpaired) electrons. The third-order valence-corrected chi connectivity index (χ3v) is 3.50. The third kappa shape index (κ3) is 2.75. The summed E-state index contributed by atoms with van der Waals surface area (Å²) in [5.41, 5.74) is 7.60. The number of hydrogen-bond donors (Lipinski definition) is 2. The first-order valence-corrected chi connectivity index (χ1v) is 6.03. The van der Waals surface area contributed by atoms with Crippen molar-refractivity contribution in [3.05, 3.63) is 24.0 Å². The molecule has 2 rings (SSSR count). The fraction of sp³-hybridized carbons (Fsp3) is 0.538. The average molecular weight is 232 g/mol. The summed E-state index contributed by atoms with van der Waals surface area (Å²) in [6.07, 6.45) is 4.13. The lowest BCUT2D eigenvalue weighted by atomic mass is 9.82. The molecule has 0 unspecified atom stereocenters. The van der Waals surface area contributed by atoms with Crippen LogP contribution in [0.15, 0.2) is 18.3 Å². The van der Waals surface area contributed by atoms with Gasteiger partial charge in [0.2, 0.25) is 0 Å². The quantitative estimate of drug-likeness (QED) is 0.605. The van der Waals surface area contributed by atoms with Gasteiger partial charge in [-0.1, -0.05) is 13.8 Å². The second kappa shape index (κ2) is 4.35. The van der Waals surface area contributed by atoms with E-state index in [-0.39, 0.29) is 5.84 Å². The van der Waals surface area contributed by atoms with Crippen LogP contribution < -0.4 is 10.6 Å². The molecule has 0 amide bonds. The zero-order valence-electron chi connectivity index (χ0n) is 10.5. The molecule has 1 aliphatic heterocycles. The summed E-state index contributed by atoms with van der Waals surface area (Å²) in [6.45, 7) is 6.76. The molecular weight excluding hydrogens is 212 g/mol. The molecule has 4 nitrogen and oxygen atoms in total. The van der Waals surface area contributed by atoms with E-state index in [1.807, 2.05) is 12.1 Å². The van der Waals surface area contributed by atoms with Gasteiger partial charge in [-0.25, -0.2) is 0 Å². The van der Waals surface area contributed by atoms with Crippen LogP contribution in [0.2, 0.25) is 0 Å². The van der Waals surface area contributed by atoms with E-state index in [4.69, 9.17) is 11.1 Å². The van der Waals surface area contributed by atoms with Crippen LogP contribution in [0.5, 0.6) is 0 Å². The van der Waals surface area contributed by atoms with Crippen molar-refractivity contribution in [1.82, 2.24) is 4.98 Å². The topological polar surface area (TPSA) is 66.0 Å². The van der Waals surface area contributed by atoms with Crippen LogP contribution in [0, 0.1) is 10.8 Å². The second-order valence-electron chi connectivity index (χ2n) is 5.46. The summed E-state index contributed by atoms with van der Waals surface area (Å²) >= 11 is 0. The molecule has 17 heavy (non-hydrogen) atoms. The molecule has 0 bridgehead atoms. The molecule has 4 heteroatoms. The van der Waals surface area contributed by atoms with Gasteiger partial charge in [-0.15, -0.1) is 0 Å². The van der Waals surface area contributed by atoms with Crippen molar-refractivity contribution in [2.45, 2.75) is 26.7 Å². The Morgan fingerprint density at radius 2 is 2.06 bits per heavy atom. The third-order valence-electron chi connectivity index (χ3n) is 3.50. The number of piperidine rings is 1. The zero-order valence-corrected chi connectivity index (χ0v) is 10.5. The highest BCUT2D eigenvalue weighted by Gasteiger charge is 2.25. The van der Waals surface area contributed by atoms with Gasteiger partial charge >= 0.3 is 0 Å². The molecule has 3 N–H and O–H groups in total. The minimum Gasteiger partial charge on any atom is -0.382 e. The maximum Gasteiger partial charge on any atom is 0.141 e. The number of aromatic nitrogens is 1. The summed E-state index contributed by atoms with van der Waals surface area (Å²) in [5, 5.41) is 7.41. The monoisotopic (exact) mass is 232 g/mol. The van der Waals surface area contributed by atoms with Crippen LogP contribution in [0.3, 0.4) is 0 Å². The molecular formula is C13H20N4. The Bertz CT molecular complexity index is 415. The zero-order chi connectivity index (χ0) is 12.5. The second-order valence-corrected chi connectivity index (χ2v) is 5.46. The van der Waals surface area contributed by atoms with Gasteiger partial charge in [-0.3, -0.25) is 10.4 Å². The molecule has 0 aromatic carbocycles. The molecule has 0 atom stereocenters. The van der Waals surface area contributed by atoms with Gasteiger partial charge in [0.15, 0.2) is 0 Å². The average Bonchev–Trinajstić information content (AvgIpc) is 2.29. The van der Waals surface area contributed by atoms with Gasteiger partial charge in [0.25, 0.3) is 0 Å². The van der Waals surface area contributed by atoms with E-state index in [1.54, 1.807) is 6.20 Å². The molecule has 1 aromatic rings. The largest absolute Gasteiger partial charge is 0.382 e. The maximum absolute atomic E-state index is 7.41. The highest BCUT2D eigenvalue weighted by Crippen LogP contribution is 2.32. The fourth-order valence-corrected chi connectivity index (χ4v) is 2.13. The summed E-state index contributed by atoms with van der Waals surface area (Å²) in [6, 6.07) is 3.89. The molecule has 1 saturated heterocycles. The lowest BCUT2D eigenvalue weighted by Crippen LogP contribution is -2.37. The Kier molecular flexibility index (Phi) is 3.05. The van der Waals surface area contributed by atoms with Gasteiger partial charge in [0.05, 0.1) is 0 Å². The van der Waals surface area contributed by atoms with Crippen LogP contribution in [-0.2, 0) is 0 Å². The normalized spacial score (nSPS) is 19.1. The Morgan fingerprint density at radius 3 is 2.65 bits per heavy atom. The Labute approximate surface area is 102 Å². The van der Waals surface area contributed by atoms with Crippen molar-refractivity contribution in [2.24, 2.45) is 11.1 Å². The summed E-state index contributed by atoms with van der Waals surface area (Å²) < 4.78 is 0. The Hall–Kier alpha value is -1.58. The molecule has 1 aliphatic rings. The number of nitrogens with two attached hydrogens (primary N) is 1. The van der Waals surface area contributed by atoms with Crippen molar-refractivity contribution < 1.29 is 0 Å². The molecule has 0 saturated carbocycles.